The summed E-state index contributed by atoms with van der Waals surface area (Å²) in [6.07, 6.45) is 10.2. The Morgan fingerprint density at radius 1 is 0.600 bits per heavy atom. The number of hydrogen-bond donors (Lipinski definition) is 1. The molecule has 3 heterocycles. The Morgan fingerprint density at radius 2 is 1.11 bits per heavy atom. The number of pyridine rings is 1. The van der Waals surface area contributed by atoms with Crippen molar-refractivity contribution in [3.63, 3.8) is 0 Å². The molecule has 222 valence electrons. The summed E-state index contributed by atoms with van der Waals surface area (Å²) in [6.45, 7) is 9.23. The Morgan fingerprint density at radius 3 is 1.69 bits per heavy atom. The maximum absolute atomic E-state index is 6.41. The Hall–Kier alpha value is -4.71. The fraction of sp³-hybridized carbons (Fsp3) is 0.175. The van der Waals surface area contributed by atoms with E-state index in [1.54, 1.807) is 0 Å². The minimum atomic E-state index is -0.420. The quantitative estimate of drug-likeness (QED) is 0.202. The minimum absolute atomic E-state index is 0.399. The molecule has 1 fully saturated rings. The number of allylic oxidation sites excluding steroid dienone is 2. The molecule has 1 N–H and O–H groups in total. The molecule has 0 unspecified atom stereocenters. The van der Waals surface area contributed by atoms with Crippen molar-refractivity contribution in [1.29, 1.82) is 0 Å². The summed E-state index contributed by atoms with van der Waals surface area (Å²) >= 11 is 0. The van der Waals surface area contributed by atoms with Gasteiger partial charge in [0, 0.05) is 30.7 Å². The summed E-state index contributed by atoms with van der Waals surface area (Å²) in [4.78, 5) is 4.34. The van der Waals surface area contributed by atoms with E-state index in [1.165, 1.54) is 16.7 Å². The smallest absolute Gasteiger partial charge is 0.399 e. The third-order valence-corrected chi connectivity index (χ3v) is 9.19. The maximum Gasteiger partial charge on any atom is 0.494 e. The highest BCUT2D eigenvalue weighted by atomic mass is 16.7. The maximum atomic E-state index is 6.41. The SMILES string of the molecule is CC1(C)OB(c2cccc(-c3cc(-c4cccc(C5=CNCC=C5)c4)cc(-c4cccc(-c5cccnc5)c4)c3)c2)OC1(C)C. The molecule has 5 aromatic rings. The molecule has 0 atom stereocenters. The average Bonchev–Trinajstić information content (AvgIpc) is 3.31. The van der Waals surface area contributed by atoms with Crippen LogP contribution in [-0.4, -0.2) is 29.8 Å². The Labute approximate surface area is 266 Å². The monoisotopic (exact) mass is 588 g/mol. The van der Waals surface area contributed by atoms with Crippen molar-refractivity contribution in [3.8, 4) is 44.5 Å². The number of nitrogens with one attached hydrogen (secondary N) is 1. The van der Waals surface area contributed by atoms with Crippen molar-refractivity contribution in [2.45, 2.75) is 38.9 Å². The summed E-state index contributed by atoms with van der Waals surface area (Å²) in [5.74, 6) is 0. The van der Waals surface area contributed by atoms with Gasteiger partial charge in [0.15, 0.2) is 0 Å². The number of nitrogens with zero attached hydrogens (tertiary/aromatic N) is 1. The van der Waals surface area contributed by atoms with E-state index < -0.39 is 18.3 Å². The fourth-order valence-corrected chi connectivity index (χ4v) is 5.91. The number of dihydropyridines is 1. The fourth-order valence-electron chi connectivity index (χ4n) is 5.91. The molecule has 1 aromatic heterocycles. The summed E-state index contributed by atoms with van der Waals surface area (Å²) in [5, 5.41) is 3.34. The van der Waals surface area contributed by atoms with Gasteiger partial charge in [-0.15, -0.1) is 0 Å². The van der Waals surface area contributed by atoms with Gasteiger partial charge in [-0.1, -0.05) is 78.9 Å². The molecule has 0 saturated carbocycles. The molecule has 0 bridgehead atoms. The lowest BCUT2D eigenvalue weighted by atomic mass is 9.77. The first-order valence-electron chi connectivity index (χ1n) is 15.6. The van der Waals surface area contributed by atoms with Crippen molar-refractivity contribution in [3.05, 3.63) is 139 Å². The zero-order chi connectivity index (χ0) is 31.0. The molecule has 0 radical (unpaired) electrons. The van der Waals surface area contributed by atoms with Crippen LogP contribution in [0.3, 0.4) is 0 Å². The largest absolute Gasteiger partial charge is 0.494 e. The number of hydrogen-bond acceptors (Lipinski definition) is 4. The second-order valence-electron chi connectivity index (χ2n) is 12.8. The van der Waals surface area contributed by atoms with E-state index in [1.807, 2.05) is 18.5 Å². The molecule has 2 aliphatic heterocycles. The molecule has 45 heavy (non-hydrogen) atoms. The van der Waals surface area contributed by atoms with Gasteiger partial charge in [-0.2, -0.15) is 0 Å². The lowest BCUT2D eigenvalue weighted by molar-refractivity contribution is 0.00578. The van der Waals surface area contributed by atoms with E-state index in [0.29, 0.717) is 0 Å². The summed E-state index contributed by atoms with van der Waals surface area (Å²) in [6, 6.07) is 37.0. The van der Waals surface area contributed by atoms with Gasteiger partial charge in [-0.3, -0.25) is 4.98 Å². The number of benzene rings is 4. The molecule has 0 aliphatic carbocycles. The molecule has 4 nitrogen and oxygen atoms in total. The normalized spacial score (nSPS) is 16.7. The predicted molar refractivity (Wildman–Crippen MR) is 187 cm³/mol. The van der Waals surface area contributed by atoms with Crippen LogP contribution in [0.2, 0.25) is 0 Å². The van der Waals surface area contributed by atoms with Crippen LogP contribution in [0.15, 0.2) is 134 Å². The van der Waals surface area contributed by atoms with E-state index in [4.69, 9.17) is 9.31 Å². The molecular weight excluding hydrogens is 551 g/mol. The molecule has 5 heteroatoms. The number of aromatic nitrogens is 1. The second kappa shape index (κ2) is 11.7. The Bertz CT molecular complexity index is 1910. The van der Waals surface area contributed by atoms with Crippen LogP contribution in [0.5, 0.6) is 0 Å². The molecule has 1 saturated heterocycles. The molecule has 2 aliphatic rings. The second-order valence-corrected chi connectivity index (χ2v) is 12.8. The van der Waals surface area contributed by atoms with Crippen LogP contribution in [-0.2, 0) is 9.31 Å². The topological polar surface area (TPSA) is 43.4 Å². The van der Waals surface area contributed by atoms with Crippen LogP contribution in [0, 0.1) is 0 Å². The van der Waals surface area contributed by atoms with Gasteiger partial charge in [-0.05, 0) is 120 Å². The van der Waals surface area contributed by atoms with E-state index in [2.05, 4.69) is 153 Å². The summed E-state index contributed by atoms with van der Waals surface area (Å²) < 4.78 is 12.8. The van der Waals surface area contributed by atoms with Crippen molar-refractivity contribution < 1.29 is 9.31 Å². The van der Waals surface area contributed by atoms with Gasteiger partial charge in [-0.25, -0.2) is 0 Å². The lowest BCUT2D eigenvalue weighted by Gasteiger charge is -2.32. The first kappa shape index (κ1) is 29.0. The van der Waals surface area contributed by atoms with Gasteiger partial charge in [0.25, 0.3) is 0 Å². The van der Waals surface area contributed by atoms with Crippen molar-refractivity contribution >= 4 is 18.2 Å². The molecule has 7 rings (SSSR count). The van der Waals surface area contributed by atoms with Crippen molar-refractivity contribution in [2.24, 2.45) is 0 Å². The third kappa shape index (κ3) is 5.89. The van der Waals surface area contributed by atoms with E-state index in [0.717, 1.165) is 51.0 Å². The standard InChI is InChI=1S/C40H37BN2O2/c1-39(2)40(3,4)45-41(44-39)38-17-7-14-32(25-38)37-23-35(30-12-5-10-28(20-30)33-15-8-18-42-26-33)22-36(24-37)31-13-6-11-29(21-31)34-16-9-19-43-27-34/h5-18,20-27,43H,19H2,1-4H3. The van der Waals surface area contributed by atoms with Crippen molar-refractivity contribution in [1.82, 2.24) is 10.3 Å². The number of rotatable bonds is 6. The Kier molecular flexibility index (Phi) is 7.52. The highest BCUT2D eigenvalue weighted by molar-refractivity contribution is 6.62. The van der Waals surface area contributed by atoms with Crippen LogP contribution in [0.4, 0.5) is 0 Å². The molecule has 0 amide bonds. The lowest BCUT2D eigenvalue weighted by Crippen LogP contribution is -2.41. The average molecular weight is 589 g/mol. The van der Waals surface area contributed by atoms with Gasteiger partial charge in [0.1, 0.15) is 0 Å². The van der Waals surface area contributed by atoms with Gasteiger partial charge in [0.2, 0.25) is 0 Å². The predicted octanol–water partition coefficient (Wildman–Crippen LogP) is 8.55. The van der Waals surface area contributed by atoms with Gasteiger partial charge >= 0.3 is 7.12 Å². The minimum Gasteiger partial charge on any atom is -0.399 e. The van der Waals surface area contributed by atoms with Gasteiger partial charge in [0.05, 0.1) is 11.2 Å². The van der Waals surface area contributed by atoms with Crippen molar-refractivity contribution in [2.75, 3.05) is 6.54 Å². The first-order valence-corrected chi connectivity index (χ1v) is 15.6. The van der Waals surface area contributed by atoms with Crippen LogP contribution < -0.4 is 10.8 Å². The Balaban J connectivity index is 1.34. The van der Waals surface area contributed by atoms with E-state index in [-0.39, 0.29) is 0 Å². The zero-order valence-electron chi connectivity index (χ0n) is 26.2. The van der Waals surface area contributed by atoms with E-state index in [9.17, 15) is 0 Å². The van der Waals surface area contributed by atoms with Crippen LogP contribution in [0.25, 0.3) is 50.1 Å². The highest BCUT2D eigenvalue weighted by Gasteiger charge is 2.51. The third-order valence-electron chi connectivity index (χ3n) is 9.19. The van der Waals surface area contributed by atoms with Crippen LogP contribution >= 0.6 is 0 Å². The zero-order valence-corrected chi connectivity index (χ0v) is 26.2. The van der Waals surface area contributed by atoms with E-state index >= 15 is 0 Å². The summed E-state index contributed by atoms with van der Waals surface area (Å²) in [7, 11) is -0.420. The molecule has 4 aromatic carbocycles. The van der Waals surface area contributed by atoms with Crippen LogP contribution in [0.1, 0.15) is 33.3 Å². The molecular formula is C40H37BN2O2. The van der Waals surface area contributed by atoms with Gasteiger partial charge < -0.3 is 14.6 Å². The molecule has 0 spiro atoms. The first-order chi connectivity index (χ1) is 21.8. The summed E-state index contributed by atoms with van der Waals surface area (Å²) in [5.41, 5.74) is 11.7. The highest BCUT2D eigenvalue weighted by Crippen LogP contribution is 2.38.